The summed E-state index contributed by atoms with van der Waals surface area (Å²) in [5, 5.41) is 0. The van der Waals surface area contributed by atoms with Crippen LogP contribution in [0.2, 0.25) is 0 Å². The molecule has 28 valence electrons. The molecule has 3 nitrogen and oxygen atoms in total. The normalized spacial score (nSPS) is 0.800. The van der Waals surface area contributed by atoms with E-state index < -0.39 is 0 Å². The Morgan fingerprint density at radius 3 is 1.00 bits per heavy atom. The van der Waals surface area contributed by atoms with E-state index in [1.807, 2.05) is 0 Å². The van der Waals surface area contributed by atoms with Gasteiger partial charge in [0, 0.05) is 0 Å². The molecule has 5 heavy (non-hydrogen) atoms. The zero-order valence-corrected chi connectivity index (χ0v) is 6.20. The maximum atomic E-state index is 7.83. The molecular formula is H2O3SZn. The molecule has 0 aromatic heterocycles. The summed E-state index contributed by atoms with van der Waals surface area (Å²) < 4.78 is 7.83. The predicted molar refractivity (Wildman–Crippen MR) is 12.0 cm³/mol. The van der Waals surface area contributed by atoms with E-state index in [1.165, 1.54) is 0 Å². The minimum Gasteiger partial charge on any atom is -0.870 e. The minimum atomic E-state index is 0. The zero-order chi connectivity index (χ0) is 2.00. The van der Waals surface area contributed by atoms with Crippen LogP contribution in [0, 0.1) is 0 Å². The summed E-state index contributed by atoms with van der Waals surface area (Å²) in [7, 11) is 0. The molecule has 0 bridgehead atoms. The average molecular weight is 147 g/mol. The Morgan fingerprint density at radius 2 is 1.00 bits per heavy atom. The van der Waals surface area contributed by atoms with E-state index in [4.69, 9.17) is 4.21 Å². The zero-order valence-electron chi connectivity index (χ0n) is 2.42. The van der Waals surface area contributed by atoms with Crippen molar-refractivity contribution in [2.45, 2.75) is 0 Å². The van der Waals surface area contributed by atoms with Gasteiger partial charge < -0.3 is 11.0 Å². The molecule has 0 amide bonds. The van der Waals surface area contributed by atoms with Crippen LogP contribution in [0.25, 0.3) is 0 Å². The van der Waals surface area contributed by atoms with Gasteiger partial charge in [0.25, 0.3) is 0 Å². The Balaban J connectivity index is -0.00000000167. The van der Waals surface area contributed by atoms with Crippen LogP contribution in [0.1, 0.15) is 0 Å². The van der Waals surface area contributed by atoms with Gasteiger partial charge >= 0.3 is 19.5 Å². The predicted octanol–water partition coefficient (Wildman–Crippen LogP) is -0.692. The van der Waals surface area contributed by atoms with Crippen LogP contribution in [0.4, 0.5) is 0 Å². The molecule has 0 aromatic rings. The van der Waals surface area contributed by atoms with E-state index in [2.05, 4.69) is 12.5 Å². The van der Waals surface area contributed by atoms with E-state index in [-0.39, 0.29) is 30.4 Å². The second kappa shape index (κ2) is 183. The molecule has 0 saturated heterocycles. The molecule has 0 rings (SSSR count). The van der Waals surface area contributed by atoms with Gasteiger partial charge in [0.05, 0.1) is 0 Å². The molecule has 0 aromatic carbocycles. The summed E-state index contributed by atoms with van der Waals surface area (Å²) in [6.45, 7) is 0. The van der Waals surface area contributed by atoms with Crippen molar-refractivity contribution in [1.82, 2.24) is 0 Å². The summed E-state index contributed by atoms with van der Waals surface area (Å²) in [6.07, 6.45) is 0. The monoisotopic (exact) mass is 146 g/mol. The number of hydrogen-bond acceptors (Lipinski definition) is 4. The van der Waals surface area contributed by atoms with E-state index in [1.54, 1.807) is 0 Å². The Labute approximate surface area is 47.7 Å². The van der Waals surface area contributed by atoms with Crippen LogP contribution in [0.5, 0.6) is 0 Å². The van der Waals surface area contributed by atoms with Gasteiger partial charge in [-0.2, -0.15) is 4.21 Å². The molecule has 0 atom stereocenters. The summed E-state index contributed by atoms with van der Waals surface area (Å²) in [4.78, 5) is 0. The smallest absolute Gasteiger partial charge is 0.870 e. The first-order valence-corrected chi connectivity index (χ1v) is 0.500. The summed E-state index contributed by atoms with van der Waals surface area (Å²) in [5.74, 6) is 0. The maximum Gasteiger partial charge on any atom is 2.00 e. The Bertz CT molecular complexity index is 6.85. The molecule has 0 aliphatic heterocycles. The van der Waals surface area contributed by atoms with Crippen LogP contribution < -0.4 is 0 Å². The van der Waals surface area contributed by atoms with Gasteiger partial charge in [-0.05, 0) is 0 Å². The second-order valence-corrected chi connectivity index (χ2v) is 0. The van der Waals surface area contributed by atoms with E-state index in [0.717, 1.165) is 0 Å². The van der Waals surface area contributed by atoms with Crippen molar-refractivity contribution in [3.63, 3.8) is 0 Å². The van der Waals surface area contributed by atoms with Crippen molar-refractivity contribution in [2.75, 3.05) is 0 Å². The van der Waals surface area contributed by atoms with Crippen LogP contribution in [-0.2, 0) is 32.0 Å². The maximum absolute atomic E-state index is 7.83. The van der Waals surface area contributed by atoms with Crippen LogP contribution >= 0.6 is 0 Å². The summed E-state index contributed by atoms with van der Waals surface area (Å²) in [6, 6.07) is 0. The van der Waals surface area contributed by atoms with Crippen LogP contribution in [-0.4, -0.2) is 15.2 Å². The third-order valence-corrected chi connectivity index (χ3v) is 0. The van der Waals surface area contributed by atoms with Crippen molar-refractivity contribution in [2.24, 2.45) is 0 Å². The summed E-state index contributed by atoms with van der Waals surface area (Å²) >= 11 is 2.83. The van der Waals surface area contributed by atoms with Crippen molar-refractivity contribution in [1.29, 1.82) is 0 Å². The molecule has 0 fully saturated rings. The van der Waals surface area contributed by atoms with Crippen LogP contribution in [0.15, 0.2) is 0 Å². The van der Waals surface area contributed by atoms with Gasteiger partial charge in [-0.25, -0.2) is 0 Å². The molecular weight excluding hydrogens is 145 g/mol. The Hall–Kier alpha value is 0.563. The Kier molecular flexibility index (Phi) is 1730. The van der Waals surface area contributed by atoms with E-state index in [9.17, 15) is 0 Å². The molecule has 0 saturated carbocycles. The summed E-state index contributed by atoms with van der Waals surface area (Å²) in [5.41, 5.74) is 0. The fourth-order valence-electron chi connectivity index (χ4n) is 0. The number of hydrogen-bond donors (Lipinski definition) is 0. The first kappa shape index (κ1) is 47.4. The molecule has 0 aliphatic carbocycles. The minimum absolute atomic E-state index is 0. The standard InChI is InChI=1S/OS.2H2O.Zn/c1-2;;;/h;2*1H2;/q;;;+2/p-2. The van der Waals surface area contributed by atoms with E-state index in [0.29, 0.717) is 0 Å². The molecule has 0 radical (unpaired) electrons. The largest absolute Gasteiger partial charge is 2.00 e. The van der Waals surface area contributed by atoms with Gasteiger partial charge in [-0.3, -0.25) is 0 Å². The quantitative estimate of drug-likeness (QED) is 0.425. The fourth-order valence-corrected chi connectivity index (χ4v) is 0. The third-order valence-electron chi connectivity index (χ3n) is 0. The van der Waals surface area contributed by atoms with Crippen molar-refractivity contribution < 1.29 is 34.6 Å². The van der Waals surface area contributed by atoms with Crippen molar-refractivity contribution in [3.8, 4) is 0 Å². The van der Waals surface area contributed by atoms with Crippen molar-refractivity contribution in [3.05, 3.63) is 0 Å². The molecule has 0 unspecified atom stereocenters. The topological polar surface area (TPSA) is 77.1 Å². The Morgan fingerprint density at radius 1 is 1.00 bits per heavy atom. The van der Waals surface area contributed by atoms with Gasteiger partial charge in [0.15, 0.2) is 12.5 Å². The van der Waals surface area contributed by atoms with Gasteiger partial charge in [-0.15, -0.1) is 0 Å². The first-order chi connectivity index (χ1) is 1.00. The molecule has 2 N–H and O–H groups in total. The van der Waals surface area contributed by atoms with E-state index >= 15 is 0 Å². The number of rotatable bonds is 0. The molecule has 0 aliphatic rings. The third kappa shape index (κ3) is 94.5. The molecule has 0 spiro atoms. The van der Waals surface area contributed by atoms with Crippen LogP contribution in [0.3, 0.4) is 0 Å². The van der Waals surface area contributed by atoms with Gasteiger partial charge in [0.1, 0.15) is 0 Å². The molecule has 0 heterocycles. The first-order valence-electron chi connectivity index (χ1n) is 0.167. The molecule has 5 heteroatoms. The van der Waals surface area contributed by atoms with Gasteiger partial charge in [0.2, 0.25) is 0 Å². The fraction of sp³-hybridized carbons (Fsp3) is 0. The second-order valence-electron chi connectivity index (χ2n) is 0. The van der Waals surface area contributed by atoms with Gasteiger partial charge in [-0.1, -0.05) is 0 Å². The SMILES string of the molecule is O=S.[OH-].[OH-].[Zn+2]. The van der Waals surface area contributed by atoms with Crippen molar-refractivity contribution >= 4 is 12.5 Å². The average Bonchev–Trinajstić information content (AvgIpc) is 1.00.